The van der Waals surface area contributed by atoms with E-state index < -0.39 is 0 Å². The molecule has 0 saturated heterocycles. The highest BCUT2D eigenvalue weighted by Gasteiger charge is 2.23. The van der Waals surface area contributed by atoms with Crippen molar-refractivity contribution in [3.63, 3.8) is 0 Å². The third kappa shape index (κ3) is 2.09. The molecule has 102 valence electrons. The van der Waals surface area contributed by atoms with Gasteiger partial charge in [-0.3, -0.25) is 4.79 Å². The Bertz CT molecular complexity index is 667. The molecule has 2 aromatic carbocycles. The summed E-state index contributed by atoms with van der Waals surface area (Å²) in [5.74, 6) is -0.305. The topological polar surface area (TPSA) is 66.6 Å². The molecule has 0 atom stereocenters. The first-order chi connectivity index (χ1) is 9.66. The van der Waals surface area contributed by atoms with E-state index in [1.54, 1.807) is 23.1 Å². The van der Waals surface area contributed by atoms with E-state index in [-0.39, 0.29) is 22.9 Å². The molecule has 1 heterocycles. The Labute approximate surface area is 117 Å². The number of rotatable bonds is 1. The average molecular weight is 268 g/mol. The van der Waals surface area contributed by atoms with Crippen molar-refractivity contribution in [1.82, 2.24) is 4.90 Å². The van der Waals surface area contributed by atoms with Gasteiger partial charge in [0.25, 0.3) is 5.91 Å². The fourth-order valence-corrected chi connectivity index (χ4v) is 2.57. The molecule has 2 aromatic rings. The lowest BCUT2D eigenvalue weighted by atomic mass is 9.99. The van der Waals surface area contributed by atoms with E-state index in [9.17, 15) is 9.90 Å². The maximum atomic E-state index is 12.5. The van der Waals surface area contributed by atoms with Crippen molar-refractivity contribution in [3.05, 3.63) is 59.2 Å². The first-order valence-corrected chi connectivity index (χ1v) is 6.60. The second-order valence-corrected chi connectivity index (χ2v) is 4.99. The highest BCUT2D eigenvalue weighted by molar-refractivity contribution is 5.98. The van der Waals surface area contributed by atoms with Gasteiger partial charge in [0.2, 0.25) is 0 Å². The zero-order valence-electron chi connectivity index (χ0n) is 11.0. The van der Waals surface area contributed by atoms with Crippen molar-refractivity contribution < 1.29 is 9.90 Å². The lowest BCUT2D eigenvalue weighted by molar-refractivity contribution is 0.0732. The first-order valence-electron chi connectivity index (χ1n) is 6.60. The number of hydrogen-bond donors (Lipinski definition) is 2. The molecule has 1 amide bonds. The molecular formula is C16H16N2O2. The van der Waals surface area contributed by atoms with Crippen LogP contribution in [0.4, 0.5) is 5.69 Å². The number of carbonyl (C=O) groups is 1. The van der Waals surface area contributed by atoms with E-state index in [1.165, 1.54) is 5.56 Å². The molecule has 3 rings (SSSR count). The summed E-state index contributed by atoms with van der Waals surface area (Å²) in [6.45, 7) is 1.23. The van der Waals surface area contributed by atoms with Gasteiger partial charge < -0.3 is 15.7 Å². The molecule has 0 unspecified atom stereocenters. The van der Waals surface area contributed by atoms with Gasteiger partial charge >= 0.3 is 0 Å². The van der Waals surface area contributed by atoms with Gasteiger partial charge in [-0.25, -0.2) is 0 Å². The summed E-state index contributed by atoms with van der Waals surface area (Å²) in [6.07, 6.45) is 0.838. The standard InChI is InChI=1S/C16H16N2O2/c17-14-7-3-6-13(15(14)19)16(20)18-9-8-11-4-1-2-5-12(11)10-18/h1-7,19H,8-10,17H2. The zero-order chi connectivity index (χ0) is 14.1. The highest BCUT2D eigenvalue weighted by Crippen LogP contribution is 2.27. The fourth-order valence-electron chi connectivity index (χ4n) is 2.57. The molecule has 4 nitrogen and oxygen atoms in total. The van der Waals surface area contributed by atoms with Crippen LogP contribution in [0.5, 0.6) is 5.75 Å². The van der Waals surface area contributed by atoms with Crippen molar-refractivity contribution in [2.45, 2.75) is 13.0 Å². The second-order valence-electron chi connectivity index (χ2n) is 4.99. The Morgan fingerprint density at radius 1 is 1.10 bits per heavy atom. The maximum Gasteiger partial charge on any atom is 0.258 e. The molecule has 3 N–H and O–H groups in total. The summed E-state index contributed by atoms with van der Waals surface area (Å²) in [6, 6.07) is 13.0. The molecule has 0 bridgehead atoms. The minimum atomic E-state index is -0.177. The number of aromatic hydroxyl groups is 1. The van der Waals surface area contributed by atoms with E-state index in [0.717, 1.165) is 12.0 Å². The Balaban J connectivity index is 1.88. The minimum absolute atomic E-state index is 0.128. The van der Waals surface area contributed by atoms with E-state index >= 15 is 0 Å². The van der Waals surface area contributed by atoms with E-state index in [4.69, 9.17) is 5.73 Å². The van der Waals surface area contributed by atoms with Gasteiger partial charge in [-0.15, -0.1) is 0 Å². The number of anilines is 1. The Kier molecular flexibility index (Phi) is 3.06. The summed E-state index contributed by atoms with van der Waals surface area (Å²) < 4.78 is 0. The molecule has 0 spiro atoms. The van der Waals surface area contributed by atoms with E-state index in [1.807, 2.05) is 18.2 Å². The van der Waals surface area contributed by atoms with Crippen molar-refractivity contribution in [3.8, 4) is 5.75 Å². The van der Waals surface area contributed by atoms with Crippen LogP contribution in [0.25, 0.3) is 0 Å². The fraction of sp³-hybridized carbons (Fsp3) is 0.188. The monoisotopic (exact) mass is 268 g/mol. The van der Waals surface area contributed by atoms with Crippen LogP contribution in [-0.4, -0.2) is 22.5 Å². The smallest absolute Gasteiger partial charge is 0.258 e. The van der Waals surface area contributed by atoms with E-state index in [2.05, 4.69) is 6.07 Å². The number of nitrogens with two attached hydrogens (primary N) is 1. The van der Waals surface area contributed by atoms with Gasteiger partial charge in [-0.05, 0) is 29.7 Å². The number of benzene rings is 2. The summed E-state index contributed by atoms with van der Waals surface area (Å²) in [7, 11) is 0. The Morgan fingerprint density at radius 3 is 2.65 bits per heavy atom. The molecule has 0 radical (unpaired) electrons. The van der Waals surface area contributed by atoms with Crippen LogP contribution < -0.4 is 5.73 Å². The van der Waals surface area contributed by atoms with Gasteiger partial charge in [0, 0.05) is 13.1 Å². The number of hydrogen-bond acceptors (Lipinski definition) is 3. The minimum Gasteiger partial charge on any atom is -0.505 e. The number of nitrogen functional groups attached to an aromatic ring is 1. The number of nitrogens with zero attached hydrogens (tertiary/aromatic N) is 1. The predicted octanol–water partition coefficient (Wildman–Crippen LogP) is 2.17. The van der Waals surface area contributed by atoms with Crippen molar-refractivity contribution in [1.29, 1.82) is 0 Å². The molecule has 1 aliphatic heterocycles. The molecule has 0 fully saturated rings. The van der Waals surface area contributed by atoms with Gasteiger partial charge in [0.15, 0.2) is 5.75 Å². The molecule has 0 aromatic heterocycles. The number of phenolic OH excluding ortho intramolecular Hbond substituents is 1. The SMILES string of the molecule is Nc1cccc(C(=O)N2CCc3ccccc3C2)c1O. The maximum absolute atomic E-state index is 12.5. The number of carbonyl (C=O) groups excluding carboxylic acids is 1. The van der Waals surface area contributed by atoms with Crippen LogP contribution in [-0.2, 0) is 13.0 Å². The van der Waals surface area contributed by atoms with Crippen LogP contribution in [0.2, 0.25) is 0 Å². The van der Waals surface area contributed by atoms with Gasteiger partial charge in [-0.2, -0.15) is 0 Å². The third-order valence-electron chi connectivity index (χ3n) is 3.72. The van der Waals surface area contributed by atoms with Gasteiger partial charge in [0.1, 0.15) is 0 Å². The summed E-state index contributed by atoms with van der Waals surface area (Å²) in [5.41, 5.74) is 8.59. The van der Waals surface area contributed by atoms with Crippen LogP contribution in [0, 0.1) is 0 Å². The van der Waals surface area contributed by atoms with Crippen molar-refractivity contribution >= 4 is 11.6 Å². The molecule has 0 saturated carbocycles. The van der Waals surface area contributed by atoms with Crippen LogP contribution in [0.1, 0.15) is 21.5 Å². The summed E-state index contributed by atoms with van der Waals surface area (Å²) in [5, 5.41) is 9.92. The largest absolute Gasteiger partial charge is 0.505 e. The Hall–Kier alpha value is -2.49. The molecule has 4 heteroatoms. The average Bonchev–Trinajstić information content (AvgIpc) is 2.49. The number of fused-ring (bicyclic) bond motifs is 1. The van der Waals surface area contributed by atoms with Crippen molar-refractivity contribution in [2.75, 3.05) is 12.3 Å². The van der Waals surface area contributed by atoms with Crippen LogP contribution in [0.3, 0.4) is 0 Å². The highest BCUT2D eigenvalue weighted by atomic mass is 16.3. The number of amides is 1. The van der Waals surface area contributed by atoms with Gasteiger partial charge in [0.05, 0.1) is 11.3 Å². The summed E-state index contributed by atoms with van der Waals surface area (Å²) in [4.78, 5) is 14.2. The first kappa shape index (κ1) is 12.5. The third-order valence-corrected chi connectivity index (χ3v) is 3.72. The molecule has 1 aliphatic rings. The van der Waals surface area contributed by atoms with Gasteiger partial charge in [-0.1, -0.05) is 30.3 Å². The van der Waals surface area contributed by atoms with Crippen molar-refractivity contribution in [2.24, 2.45) is 0 Å². The molecular weight excluding hydrogens is 252 g/mol. The lowest BCUT2D eigenvalue weighted by Crippen LogP contribution is -2.36. The quantitative estimate of drug-likeness (QED) is 0.615. The number of phenols is 1. The summed E-state index contributed by atoms with van der Waals surface area (Å²) >= 11 is 0. The Morgan fingerprint density at radius 2 is 1.85 bits per heavy atom. The predicted molar refractivity (Wildman–Crippen MR) is 77.4 cm³/mol. The van der Waals surface area contributed by atoms with Crippen LogP contribution >= 0.6 is 0 Å². The molecule has 20 heavy (non-hydrogen) atoms. The van der Waals surface area contributed by atoms with E-state index in [0.29, 0.717) is 13.1 Å². The van der Waals surface area contributed by atoms with Crippen LogP contribution in [0.15, 0.2) is 42.5 Å². The zero-order valence-corrected chi connectivity index (χ0v) is 11.0. The second kappa shape index (κ2) is 4.89. The molecule has 0 aliphatic carbocycles. The lowest BCUT2D eigenvalue weighted by Gasteiger charge is -2.29. The normalized spacial score (nSPS) is 13.9. The number of para-hydroxylation sites is 1.